The van der Waals surface area contributed by atoms with Crippen LogP contribution in [-0.2, 0) is 19.1 Å². The second-order valence-corrected chi connectivity index (χ2v) is 6.82. The number of nitro groups is 1. The van der Waals surface area contributed by atoms with Crippen LogP contribution in [0.2, 0.25) is 5.02 Å². The van der Waals surface area contributed by atoms with Crippen molar-refractivity contribution in [2.75, 3.05) is 13.2 Å². The highest BCUT2D eigenvalue weighted by Crippen LogP contribution is 2.37. The molecule has 158 valence electrons. The summed E-state index contributed by atoms with van der Waals surface area (Å²) in [5.41, 5.74) is 0.761. The third kappa shape index (κ3) is 4.02. The van der Waals surface area contributed by atoms with Crippen molar-refractivity contribution in [3.63, 3.8) is 0 Å². The van der Waals surface area contributed by atoms with E-state index in [0.717, 1.165) is 0 Å². The summed E-state index contributed by atoms with van der Waals surface area (Å²) in [6.07, 6.45) is 3.05. The van der Waals surface area contributed by atoms with E-state index in [-0.39, 0.29) is 35.2 Å². The van der Waals surface area contributed by atoms with E-state index in [1.165, 1.54) is 24.4 Å². The van der Waals surface area contributed by atoms with Crippen molar-refractivity contribution in [2.45, 2.75) is 25.8 Å². The molecule has 2 atom stereocenters. The monoisotopic (exact) mass is 433 g/mol. The van der Waals surface area contributed by atoms with Crippen LogP contribution in [-0.4, -0.2) is 40.7 Å². The molecular weight excluding hydrogens is 414 g/mol. The maximum atomic E-state index is 12.5. The van der Waals surface area contributed by atoms with E-state index < -0.39 is 28.8 Å². The van der Waals surface area contributed by atoms with E-state index in [1.54, 1.807) is 36.7 Å². The second kappa shape index (κ2) is 9.00. The molecule has 30 heavy (non-hydrogen) atoms. The van der Waals surface area contributed by atoms with Crippen LogP contribution in [0.25, 0.3) is 5.69 Å². The smallest absolute Gasteiger partial charge is 0.336 e. The molecule has 9 nitrogen and oxygen atoms in total. The summed E-state index contributed by atoms with van der Waals surface area (Å²) in [5, 5.41) is 14.7. The molecular formula is C20H20ClN3O6. The van der Waals surface area contributed by atoms with Crippen molar-refractivity contribution in [3.05, 3.63) is 69.1 Å². The number of aromatic nitrogens is 1. The van der Waals surface area contributed by atoms with Crippen molar-refractivity contribution in [1.29, 1.82) is 0 Å². The van der Waals surface area contributed by atoms with E-state index >= 15 is 0 Å². The lowest BCUT2D eigenvalue weighted by atomic mass is 9.91. The van der Waals surface area contributed by atoms with Crippen molar-refractivity contribution < 1.29 is 24.0 Å². The van der Waals surface area contributed by atoms with Crippen LogP contribution in [0.3, 0.4) is 0 Å². The van der Waals surface area contributed by atoms with Gasteiger partial charge in [0.15, 0.2) is 0 Å². The molecule has 0 spiro atoms. The first-order valence-electron chi connectivity index (χ1n) is 9.30. The highest BCUT2D eigenvalue weighted by molar-refractivity contribution is 6.30. The Morgan fingerprint density at radius 3 is 2.63 bits per heavy atom. The third-order valence-electron chi connectivity index (χ3n) is 4.63. The average molecular weight is 434 g/mol. The fraction of sp³-hybridized carbons (Fsp3) is 0.300. The molecule has 0 saturated heterocycles. The number of carbonyl (C=O) groups is 2. The maximum Gasteiger partial charge on any atom is 0.336 e. The van der Waals surface area contributed by atoms with Crippen LogP contribution < -0.4 is 5.32 Å². The lowest BCUT2D eigenvalue weighted by Gasteiger charge is -2.22. The lowest BCUT2D eigenvalue weighted by molar-refractivity contribution is -0.384. The first kappa shape index (κ1) is 21.4. The fourth-order valence-corrected chi connectivity index (χ4v) is 3.59. The number of hydrogen-bond acceptors (Lipinski definition) is 7. The van der Waals surface area contributed by atoms with Crippen molar-refractivity contribution in [3.8, 4) is 5.69 Å². The molecule has 0 aliphatic carbocycles. The van der Waals surface area contributed by atoms with Gasteiger partial charge in [0.1, 0.15) is 11.7 Å². The van der Waals surface area contributed by atoms with E-state index in [1.807, 2.05) is 0 Å². The van der Waals surface area contributed by atoms with Crippen molar-refractivity contribution >= 4 is 29.2 Å². The zero-order chi connectivity index (χ0) is 21.8. The Labute approximate surface area is 177 Å². The molecule has 0 fully saturated rings. The number of hydrogen-bond donors (Lipinski definition) is 1. The number of esters is 2. The highest BCUT2D eigenvalue weighted by atomic mass is 35.5. The standard InChI is InChI=1S/C20H20ClN3O6/c1-3-29-19(25)13-11-22-18(20(26)30-4-2)17(13)15-6-5-9-23(15)14-8-7-12(21)10-16(14)24(27)28/h5-11,17-18,22H,3-4H2,1-2H3. The van der Waals surface area contributed by atoms with Gasteiger partial charge in [-0.3, -0.25) is 10.1 Å². The van der Waals surface area contributed by atoms with Crippen LogP contribution >= 0.6 is 11.6 Å². The van der Waals surface area contributed by atoms with Gasteiger partial charge in [-0.1, -0.05) is 11.6 Å². The molecule has 0 amide bonds. The molecule has 0 bridgehead atoms. The van der Waals surface area contributed by atoms with Gasteiger partial charge in [-0.15, -0.1) is 0 Å². The molecule has 2 aromatic rings. The van der Waals surface area contributed by atoms with Crippen LogP contribution in [0.4, 0.5) is 5.69 Å². The SMILES string of the molecule is CCOC(=O)C1=CNC(C(=O)OCC)C1c1cccn1-c1ccc(Cl)cc1[N+](=O)[O-]. The number of benzene rings is 1. The number of nitro benzene ring substituents is 1. The van der Waals surface area contributed by atoms with Gasteiger partial charge in [0.05, 0.1) is 29.6 Å². The maximum absolute atomic E-state index is 12.5. The summed E-state index contributed by atoms with van der Waals surface area (Å²) in [5.74, 6) is -1.90. The van der Waals surface area contributed by atoms with Crippen LogP contribution in [0, 0.1) is 10.1 Å². The number of nitrogens with one attached hydrogen (secondary N) is 1. The molecule has 3 rings (SSSR count). The summed E-state index contributed by atoms with van der Waals surface area (Å²) < 4.78 is 11.8. The molecule has 0 radical (unpaired) electrons. The summed E-state index contributed by atoms with van der Waals surface area (Å²) in [6.45, 7) is 3.69. The average Bonchev–Trinajstić information content (AvgIpc) is 3.35. The normalized spacial score (nSPS) is 17.8. The quantitative estimate of drug-likeness (QED) is 0.405. The number of nitrogens with zero attached hydrogens (tertiary/aromatic N) is 2. The van der Waals surface area contributed by atoms with Gasteiger partial charge >= 0.3 is 11.9 Å². The van der Waals surface area contributed by atoms with E-state index in [9.17, 15) is 19.7 Å². The molecule has 1 N–H and O–H groups in total. The summed E-state index contributed by atoms with van der Waals surface area (Å²) >= 11 is 5.93. The van der Waals surface area contributed by atoms with E-state index in [0.29, 0.717) is 5.69 Å². The number of ether oxygens (including phenoxy) is 2. The topological polar surface area (TPSA) is 113 Å². The largest absolute Gasteiger partial charge is 0.464 e. The molecule has 1 aliphatic heterocycles. The van der Waals surface area contributed by atoms with Crippen LogP contribution in [0.5, 0.6) is 0 Å². The molecule has 1 aliphatic rings. The molecule has 2 heterocycles. The van der Waals surface area contributed by atoms with Gasteiger partial charge in [0.2, 0.25) is 0 Å². The van der Waals surface area contributed by atoms with Crippen LogP contribution in [0.1, 0.15) is 25.5 Å². The first-order chi connectivity index (χ1) is 14.4. The Kier molecular flexibility index (Phi) is 6.41. The molecule has 0 saturated carbocycles. The highest BCUT2D eigenvalue weighted by Gasteiger charge is 2.42. The zero-order valence-electron chi connectivity index (χ0n) is 16.3. The Morgan fingerprint density at radius 1 is 1.23 bits per heavy atom. The third-order valence-corrected chi connectivity index (χ3v) is 4.87. The summed E-state index contributed by atoms with van der Waals surface area (Å²) in [7, 11) is 0. The van der Waals surface area contributed by atoms with Gasteiger partial charge < -0.3 is 19.4 Å². The van der Waals surface area contributed by atoms with E-state index in [4.69, 9.17) is 21.1 Å². The first-order valence-corrected chi connectivity index (χ1v) is 9.68. The fourth-order valence-electron chi connectivity index (χ4n) is 3.43. The minimum Gasteiger partial charge on any atom is -0.464 e. The van der Waals surface area contributed by atoms with Crippen molar-refractivity contribution in [1.82, 2.24) is 9.88 Å². The van der Waals surface area contributed by atoms with Gasteiger partial charge in [-0.25, -0.2) is 9.59 Å². The Morgan fingerprint density at radius 2 is 1.97 bits per heavy atom. The van der Waals surface area contributed by atoms with Gasteiger partial charge in [0.25, 0.3) is 5.69 Å². The summed E-state index contributed by atoms with van der Waals surface area (Å²) in [4.78, 5) is 36.1. The van der Waals surface area contributed by atoms with E-state index in [2.05, 4.69) is 5.32 Å². The minimum atomic E-state index is -0.885. The van der Waals surface area contributed by atoms with Gasteiger partial charge in [-0.05, 0) is 38.1 Å². The van der Waals surface area contributed by atoms with Gasteiger partial charge in [-0.2, -0.15) is 0 Å². The molecule has 2 unspecified atom stereocenters. The number of carbonyl (C=O) groups excluding carboxylic acids is 2. The predicted molar refractivity (Wildman–Crippen MR) is 108 cm³/mol. The number of rotatable bonds is 7. The minimum absolute atomic E-state index is 0.163. The Hall–Kier alpha value is -3.33. The molecule has 1 aromatic carbocycles. The lowest BCUT2D eigenvalue weighted by Crippen LogP contribution is -2.37. The second-order valence-electron chi connectivity index (χ2n) is 6.39. The number of halogens is 1. The Bertz CT molecular complexity index is 1020. The zero-order valence-corrected chi connectivity index (χ0v) is 17.1. The predicted octanol–water partition coefficient (Wildman–Crippen LogP) is 3.10. The van der Waals surface area contributed by atoms with Crippen LogP contribution in [0.15, 0.2) is 48.3 Å². The molecule has 10 heteroatoms. The summed E-state index contributed by atoms with van der Waals surface area (Å²) in [6, 6.07) is 6.78. The molecule has 1 aromatic heterocycles. The van der Waals surface area contributed by atoms with Crippen molar-refractivity contribution in [2.24, 2.45) is 0 Å². The van der Waals surface area contributed by atoms with Gasteiger partial charge in [0, 0.05) is 29.2 Å². The Balaban J connectivity index is 2.12.